The predicted octanol–water partition coefficient (Wildman–Crippen LogP) is 2.45. The Hall–Kier alpha value is -0.0500. The van der Waals surface area contributed by atoms with Gasteiger partial charge in [0.2, 0.25) is 0 Å². The lowest BCUT2D eigenvalue weighted by Crippen LogP contribution is -2.59. The highest BCUT2D eigenvalue weighted by Crippen LogP contribution is 2.23. The molecule has 0 radical (unpaired) electrons. The Bertz CT molecular complexity index is 232. The molecule has 0 bridgehead atoms. The second-order valence-corrected chi connectivity index (χ2v) is 6.16. The Kier molecular flexibility index (Phi) is 4.21. The van der Waals surface area contributed by atoms with E-state index in [1.165, 1.54) is 0 Å². The Balaban J connectivity index is 2.60. The summed E-state index contributed by atoms with van der Waals surface area (Å²) < 4.78 is 0. The molecule has 1 rings (SSSR count). The zero-order chi connectivity index (χ0) is 11.6. The van der Waals surface area contributed by atoms with Crippen molar-refractivity contribution in [2.75, 3.05) is 19.6 Å². The molecule has 0 amide bonds. The zero-order valence-electron chi connectivity index (χ0n) is 10.3. The number of rotatable bonds is 2. The number of halogens is 1. The Morgan fingerprint density at radius 2 is 2.13 bits per heavy atom. The molecule has 0 aromatic heterocycles. The van der Waals surface area contributed by atoms with Gasteiger partial charge in [0.25, 0.3) is 0 Å². The van der Waals surface area contributed by atoms with Crippen LogP contribution in [-0.4, -0.2) is 36.6 Å². The molecule has 0 saturated carbocycles. The summed E-state index contributed by atoms with van der Waals surface area (Å²) in [5.41, 5.74) is 0.298. The summed E-state index contributed by atoms with van der Waals surface area (Å²) in [6, 6.07) is 1.07. The van der Waals surface area contributed by atoms with E-state index in [2.05, 4.69) is 44.5 Å². The topological polar surface area (TPSA) is 15.3 Å². The molecule has 3 heteroatoms. The van der Waals surface area contributed by atoms with Crippen LogP contribution in [0.1, 0.15) is 27.7 Å². The van der Waals surface area contributed by atoms with Crippen LogP contribution in [0.4, 0.5) is 0 Å². The van der Waals surface area contributed by atoms with E-state index in [1.54, 1.807) is 0 Å². The van der Waals surface area contributed by atoms with Crippen molar-refractivity contribution in [2.24, 2.45) is 5.41 Å². The first-order valence-corrected chi connectivity index (χ1v) is 5.99. The minimum Gasteiger partial charge on any atom is -0.311 e. The molecule has 1 N–H and O–H groups in total. The molecule has 0 aromatic carbocycles. The van der Waals surface area contributed by atoms with Crippen LogP contribution in [0.3, 0.4) is 0 Å². The zero-order valence-corrected chi connectivity index (χ0v) is 11.1. The van der Waals surface area contributed by atoms with Crippen molar-refractivity contribution in [2.45, 2.75) is 39.8 Å². The summed E-state index contributed by atoms with van der Waals surface area (Å²) in [6.45, 7) is 15.7. The van der Waals surface area contributed by atoms with E-state index in [4.69, 9.17) is 11.6 Å². The lowest BCUT2D eigenvalue weighted by atomic mass is 9.85. The largest absolute Gasteiger partial charge is 0.311 e. The lowest BCUT2D eigenvalue weighted by Gasteiger charge is -2.43. The number of hydrogen-bond acceptors (Lipinski definition) is 2. The van der Waals surface area contributed by atoms with Crippen LogP contribution >= 0.6 is 11.6 Å². The van der Waals surface area contributed by atoms with Crippen molar-refractivity contribution >= 4 is 11.6 Å². The first kappa shape index (κ1) is 13.0. The molecule has 1 fully saturated rings. The highest BCUT2D eigenvalue weighted by molar-refractivity contribution is 6.29. The average molecular weight is 231 g/mol. The van der Waals surface area contributed by atoms with Gasteiger partial charge in [-0.05, 0) is 12.3 Å². The van der Waals surface area contributed by atoms with E-state index in [9.17, 15) is 0 Å². The predicted molar refractivity (Wildman–Crippen MR) is 67.3 cm³/mol. The van der Waals surface area contributed by atoms with Crippen LogP contribution < -0.4 is 5.32 Å². The standard InChI is InChI=1S/C12H23ClN2/c1-9(13)7-15-8-11(12(3,4)5)14-6-10(15)2/h10-11,14H,1,6-8H2,2-5H3. The highest BCUT2D eigenvalue weighted by atomic mass is 35.5. The smallest absolute Gasteiger partial charge is 0.0339 e. The van der Waals surface area contributed by atoms with Gasteiger partial charge in [-0.15, -0.1) is 0 Å². The van der Waals surface area contributed by atoms with Gasteiger partial charge in [-0.1, -0.05) is 39.0 Å². The van der Waals surface area contributed by atoms with Crippen molar-refractivity contribution in [1.29, 1.82) is 0 Å². The maximum Gasteiger partial charge on any atom is 0.0339 e. The Morgan fingerprint density at radius 1 is 1.53 bits per heavy atom. The third-order valence-electron chi connectivity index (χ3n) is 3.12. The van der Waals surface area contributed by atoms with Crippen LogP contribution in [0.15, 0.2) is 11.6 Å². The van der Waals surface area contributed by atoms with E-state index in [0.717, 1.165) is 24.7 Å². The maximum absolute atomic E-state index is 5.88. The van der Waals surface area contributed by atoms with Gasteiger partial charge < -0.3 is 5.32 Å². The number of piperazine rings is 1. The van der Waals surface area contributed by atoms with Gasteiger partial charge >= 0.3 is 0 Å². The fourth-order valence-corrected chi connectivity index (χ4v) is 2.10. The van der Waals surface area contributed by atoms with Crippen LogP contribution in [0, 0.1) is 5.41 Å². The molecule has 2 unspecified atom stereocenters. The summed E-state index contributed by atoms with van der Waals surface area (Å²) >= 11 is 5.88. The Morgan fingerprint density at radius 3 is 2.60 bits per heavy atom. The molecule has 88 valence electrons. The third kappa shape index (κ3) is 3.78. The first-order valence-electron chi connectivity index (χ1n) is 5.61. The van der Waals surface area contributed by atoms with Crippen molar-refractivity contribution < 1.29 is 0 Å². The Labute approximate surface area is 98.7 Å². The summed E-state index contributed by atoms with van der Waals surface area (Å²) in [7, 11) is 0. The average Bonchev–Trinajstić information content (AvgIpc) is 2.06. The van der Waals surface area contributed by atoms with E-state index in [0.29, 0.717) is 17.5 Å². The molecule has 15 heavy (non-hydrogen) atoms. The van der Waals surface area contributed by atoms with Crippen molar-refractivity contribution in [1.82, 2.24) is 10.2 Å². The normalized spacial score (nSPS) is 29.1. The molecular weight excluding hydrogens is 208 g/mol. The number of nitrogens with one attached hydrogen (secondary N) is 1. The fourth-order valence-electron chi connectivity index (χ4n) is 1.94. The van der Waals surface area contributed by atoms with Gasteiger partial charge in [0.15, 0.2) is 0 Å². The molecule has 2 nitrogen and oxygen atoms in total. The van der Waals surface area contributed by atoms with Crippen molar-refractivity contribution in [3.8, 4) is 0 Å². The van der Waals surface area contributed by atoms with E-state index in [1.807, 2.05) is 0 Å². The summed E-state index contributed by atoms with van der Waals surface area (Å²) in [4.78, 5) is 2.40. The summed E-state index contributed by atoms with van der Waals surface area (Å²) in [5, 5.41) is 4.33. The molecule has 0 aliphatic carbocycles. The van der Waals surface area contributed by atoms with Gasteiger partial charge in [-0.3, -0.25) is 4.90 Å². The van der Waals surface area contributed by atoms with Gasteiger partial charge in [0.05, 0.1) is 0 Å². The van der Waals surface area contributed by atoms with Crippen LogP contribution in [0.2, 0.25) is 0 Å². The molecule has 2 atom stereocenters. The monoisotopic (exact) mass is 230 g/mol. The molecule has 1 aliphatic rings. The maximum atomic E-state index is 5.88. The quantitative estimate of drug-likeness (QED) is 0.784. The molecule has 1 aliphatic heterocycles. The van der Waals surface area contributed by atoms with Crippen molar-refractivity contribution in [3.05, 3.63) is 11.6 Å². The van der Waals surface area contributed by atoms with Crippen LogP contribution in [0.5, 0.6) is 0 Å². The van der Waals surface area contributed by atoms with Gasteiger partial charge in [0, 0.05) is 36.8 Å². The van der Waals surface area contributed by atoms with Gasteiger partial charge in [0.1, 0.15) is 0 Å². The van der Waals surface area contributed by atoms with E-state index in [-0.39, 0.29) is 0 Å². The molecule has 1 heterocycles. The summed E-state index contributed by atoms with van der Waals surface area (Å²) in [6.07, 6.45) is 0. The summed E-state index contributed by atoms with van der Waals surface area (Å²) in [5.74, 6) is 0. The number of nitrogens with zero attached hydrogens (tertiary/aromatic N) is 1. The number of hydrogen-bond donors (Lipinski definition) is 1. The van der Waals surface area contributed by atoms with Crippen LogP contribution in [0.25, 0.3) is 0 Å². The van der Waals surface area contributed by atoms with E-state index >= 15 is 0 Å². The SMILES string of the molecule is C=C(Cl)CN1CC(C(C)(C)C)NCC1C. The fraction of sp³-hybridized carbons (Fsp3) is 0.833. The third-order valence-corrected chi connectivity index (χ3v) is 3.24. The first-order chi connectivity index (χ1) is 6.80. The highest BCUT2D eigenvalue weighted by Gasteiger charge is 2.32. The molecule has 1 saturated heterocycles. The van der Waals surface area contributed by atoms with Crippen LogP contribution in [-0.2, 0) is 0 Å². The molecule has 0 aromatic rings. The molecular formula is C12H23ClN2. The molecule has 0 spiro atoms. The lowest BCUT2D eigenvalue weighted by molar-refractivity contribution is 0.103. The van der Waals surface area contributed by atoms with Gasteiger partial charge in [-0.2, -0.15) is 0 Å². The second-order valence-electron chi connectivity index (χ2n) is 5.62. The minimum atomic E-state index is 0.298. The van der Waals surface area contributed by atoms with Gasteiger partial charge in [-0.25, -0.2) is 0 Å². The van der Waals surface area contributed by atoms with Crippen molar-refractivity contribution in [3.63, 3.8) is 0 Å². The van der Waals surface area contributed by atoms with E-state index < -0.39 is 0 Å². The second kappa shape index (κ2) is 4.86. The minimum absolute atomic E-state index is 0.298.